The highest BCUT2D eigenvalue weighted by Crippen LogP contribution is 2.35. The Morgan fingerprint density at radius 3 is 2.62 bits per heavy atom. The number of hydrogen-bond donors (Lipinski definition) is 3. The van der Waals surface area contributed by atoms with Crippen molar-refractivity contribution in [3.05, 3.63) is 55.0 Å². The Hall–Kier alpha value is -4.20. The van der Waals surface area contributed by atoms with E-state index in [9.17, 15) is 4.79 Å². The van der Waals surface area contributed by atoms with E-state index in [1.807, 2.05) is 51.4 Å². The summed E-state index contributed by atoms with van der Waals surface area (Å²) in [6, 6.07) is 12.4. The van der Waals surface area contributed by atoms with Crippen LogP contribution >= 0.6 is 0 Å². The molecule has 1 aliphatic rings. The summed E-state index contributed by atoms with van der Waals surface area (Å²) in [7, 11) is 0. The molecular formula is C29H31N7O. The smallest absolute Gasteiger partial charge is 0.229 e. The van der Waals surface area contributed by atoms with Gasteiger partial charge in [-0.1, -0.05) is 26.8 Å². The highest BCUT2D eigenvalue weighted by molar-refractivity contribution is 6.00. The van der Waals surface area contributed by atoms with Crippen molar-refractivity contribution >= 4 is 39.2 Å². The van der Waals surface area contributed by atoms with Crippen molar-refractivity contribution in [2.45, 2.75) is 40.0 Å². The van der Waals surface area contributed by atoms with Crippen molar-refractivity contribution in [1.29, 1.82) is 0 Å². The largest absolute Gasteiger partial charge is 0.371 e. The number of aromatic nitrogens is 5. The summed E-state index contributed by atoms with van der Waals surface area (Å²) in [6.07, 6.45) is 9.11. The maximum atomic E-state index is 12.5. The number of benzene rings is 1. The number of amides is 1. The van der Waals surface area contributed by atoms with Gasteiger partial charge in [0, 0.05) is 52.9 Å². The van der Waals surface area contributed by atoms with Gasteiger partial charge in [-0.25, -0.2) is 4.98 Å². The van der Waals surface area contributed by atoms with Crippen molar-refractivity contribution in [2.75, 3.05) is 23.3 Å². The molecule has 37 heavy (non-hydrogen) atoms. The number of anilines is 2. The van der Waals surface area contributed by atoms with Gasteiger partial charge in [0.25, 0.3) is 0 Å². The third-order valence-electron chi connectivity index (χ3n) is 7.03. The van der Waals surface area contributed by atoms with Crippen molar-refractivity contribution in [1.82, 2.24) is 25.1 Å². The molecule has 1 fully saturated rings. The predicted octanol–water partition coefficient (Wildman–Crippen LogP) is 6.14. The highest BCUT2D eigenvalue weighted by atomic mass is 16.2. The maximum Gasteiger partial charge on any atom is 0.229 e. The molecule has 0 bridgehead atoms. The Bertz CT molecular complexity index is 1600. The normalized spacial score (nSPS) is 14.4. The van der Waals surface area contributed by atoms with Crippen LogP contribution in [0.25, 0.3) is 44.5 Å². The Kier molecular flexibility index (Phi) is 5.67. The lowest BCUT2D eigenvalue weighted by Crippen LogP contribution is -2.29. The number of rotatable bonds is 4. The fourth-order valence-corrected chi connectivity index (χ4v) is 4.93. The summed E-state index contributed by atoms with van der Waals surface area (Å²) in [5.74, 6) is -0.0460. The van der Waals surface area contributed by atoms with E-state index in [1.54, 1.807) is 6.20 Å². The van der Waals surface area contributed by atoms with Crippen LogP contribution in [0.2, 0.25) is 0 Å². The second-order valence-electron chi connectivity index (χ2n) is 10.8. The number of pyridine rings is 2. The molecule has 0 spiro atoms. The van der Waals surface area contributed by atoms with E-state index in [1.165, 1.54) is 24.9 Å². The van der Waals surface area contributed by atoms with Crippen molar-refractivity contribution in [3.63, 3.8) is 0 Å². The molecule has 0 radical (unpaired) electrons. The molecule has 8 heteroatoms. The summed E-state index contributed by atoms with van der Waals surface area (Å²) in [5.41, 5.74) is 6.95. The molecule has 6 rings (SSSR count). The van der Waals surface area contributed by atoms with Gasteiger partial charge in [-0.05, 0) is 55.2 Å². The first kappa shape index (κ1) is 23.2. The Labute approximate surface area is 215 Å². The standard InChI is InChI=1S/C29H31N7O/c1-29(2,3)28(37)32-20-13-19(16-30-17-20)18-7-8-23-21(14-18)26(35-34-23)24-15-22-25(9-10-31-27(22)33-24)36-11-5-4-6-12-36/h7-10,13-17H,4-6,11-12H2,1-3H3,(H,31,33)(H,32,37)(H,34,35). The molecular weight excluding hydrogens is 462 g/mol. The van der Waals surface area contributed by atoms with Crippen LogP contribution in [0.4, 0.5) is 11.4 Å². The zero-order valence-corrected chi connectivity index (χ0v) is 21.4. The van der Waals surface area contributed by atoms with Crippen LogP contribution in [-0.2, 0) is 4.79 Å². The van der Waals surface area contributed by atoms with Gasteiger partial charge in [-0.15, -0.1) is 0 Å². The topological polar surface area (TPSA) is 103 Å². The highest BCUT2D eigenvalue weighted by Gasteiger charge is 2.22. The van der Waals surface area contributed by atoms with Gasteiger partial charge >= 0.3 is 0 Å². The molecule has 4 aromatic heterocycles. The fraction of sp³-hybridized carbons (Fsp3) is 0.310. The quantitative estimate of drug-likeness (QED) is 0.279. The number of fused-ring (bicyclic) bond motifs is 2. The van der Waals surface area contributed by atoms with Crippen LogP contribution in [0.1, 0.15) is 40.0 Å². The zero-order valence-electron chi connectivity index (χ0n) is 21.4. The number of hydrogen-bond acceptors (Lipinski definition) is 5. The number of nitrogens with zero attached hydrogens (tertiary/aromatic N) is 4. The van der Waals surface area contributed by atoms with Gasteiger partial charge in [0.2, 0.25) is 5.91 Å². The maximum absolute atomic E-state index is 12.5. The number of aromatic amines is 2. The van der Waals surface area contributed by atoms with Crippen LogP contribution in [0.3, 0.4) is 0 Å². The zero-order chi connectivity index (χ0) is 25.6. The van der Waals surface area contributed by atoms with Crippen molar-refractivity contribution < 1.29 is 4.79 Å². The van der Waals surface area contributed by atoms with Crippen LogP contribution in [0.15, 0.2) is 55.0 Å². The van der Waals surface area contributed by atoms with Gasteiger partial charge < -0.3 is 15.2 Å². The van der Waals surface area contributed by atoms with Gasteiger partial charge in [0.1, 0.15) is 11.3 Å². The molecule has 0 atom stereocenters. The number of carbonyl (C=O) groups excluding carboxylic acids is 1. The molecule has 0 aliphatic carbocycles. The number of piperidine rings is 1. The number of H-pyrrole nitrogens is 2. The predicted molar refractivity (Wildman–Crippen MR) is 149 cm³/mol. The Balaban J connectivity index is 1.37. The minimum Gasteiger partial charge on any atom is -0.371 e. The molecule has 0 saturated carbocycles. The van der Waals surface area contributed by atoms with Crippen molar-refractivity contribution in [2.24, 2.45) is 5.41 Å². The molecule has 5 aromatic rings. The van der Waals surface area contributed by atoms with E-state index in [-0.39, 0.29) is 5.91 Å². The molecule has 5 heterocycles. The van der Waals surface area contributed by atoms with Crippen LogP contribution in [-0.4, -0.2) is 44.1 Å². The van der Waals surface area contributed by atoms with Gasteiger partial charge in [0.05, 0.1) is 23.1 Å². The van der Waals surface area contributed by atoms with E-state index in [0.717, 1.165) is 57.5 Å². The van der Waals surface area contributed by atoms with E-state index in [2.05, 4.69) is 53.6 Å². The van der Waals surface area contributed by atoms with Crippen molar-refractivity contribution in [3.8, 4) is 22.5 Å². The lowest BCUT2D eigenvalue weighted by Gasteiger charge is -2.29. The van der Waals surface area contributed by atoms with E-state index in [4.69, 9.17) is 0 Å². The summed E-state index contributed by atoms with van der Waals surface area (Å²) in [4.78, 5) is 27.4. The Morgan fingerprint density at radius 1 is 0.973 bits per heavy atom. The molecule has 1 aliphatic heterocycles. The minimum absolute atomic E-state index is 0.0460. The minimum atomic E-state index is -0.483. The molecule has 1 aromatic carbocycles. The third-order valence-corrected chi connectivity index (χ3v) is 7.03. The summed E-state index contributed by atoms with van der Waals surface area (Å²) >= 11 is 0. The molecule has 8 nitrogen and oxygen atoms in total. The third kappa shape index (κ3) is 4.43. The number of nitrogens with one attached hydrogen (secondary N) is 3. The average molecular weight is 494 g/mol. The second kappa shape index (κ2) is 9.03. The molecule has 188 valence electrons. The van der Waals surface area contributed by atoms with E-state index in [0.29, 0.717) is 5.69 Å². The van der Waals surface area contributed by atoms with E-state index < -0.39 is 5.41 Å². The SMILES string of the molecule is CC(C)(C)C(=O)Nc1cncc(-c2ccc3[nH]nc(-c4cc5c(N6CCCCC6)ccnc5[nH]4)c3c2)c1. The molecule has 3 N–H and O–H groups in total. The second-order valence-corrected chi connectivity index (χ2v) is 10.8. The van der Waals surface area contributed by atoms with Crippen LogP contribution < -0.4 is 10.2 Å². The first-order chi connectivity index (χ1) is 17.9. The monoisotopic (exact) mass is 493 g/mol. The lowest BCUT2D eigenvalue weighted by molar-refractivity contribution is -0.123. The lowest BCUT2D eigenvalue weighted by atomic mass is 9.95. The first-order valence-electron chi connectivity index (χ1n) is 12.8. The fourth-order valence-electron chi connectivity index (χ4n) is 4.93. The molecule has 1 amide bonds. The molecule has 1 saturated heterocycles. The summed E-state index contributed by atoms with van der Waals surface area (Å²) < 4.78 is 0. The first-order valence-corrected chi connectivity index (χ1v) is 12.8. The van der Waals surface area contributed by atoms with Crippen LogP contribution in [0.5, 0.6) is 0 Å². The van der Waals surface area contributed by atoms with E-state index >= 15 is 0 Å². The van der Waals surface area contributed by atoms with Gasteiger partial charge in [-0.2, -0.15) is 5.10 Å². The molecule has 0 unspecified atom stereocenters. The van der Waals surface area contributed by atoms with Gasteiger partial charge in [0.15, 0.2) is 0 Å². The summed E-state index contributed by atoms with van der Waals surface area (Å²) in [6.45, 7) is 7.84. The van der Waals surface area contributed by atoms with Crippen LogP contribution in [0, 0.1) is 5.41 Å². The average Bonchev–Trinajstić information content (AvgIpc) is 3.52. The number of carbonyl (C=O) groups is 1. The van der Waals surface area contributed by atoms with Gasteiger partial charge in [-0.3, -0.25) is 14.9 Å². The Morgan fingerprint density at radius 2 is 1.81 bits per heavy atom. The summed E-state index contributed by atoms with van der Waals surface area (Å²) in [5, 5.41) is 12.9.